The molecule has 2 aromatic rings. The van der Waals surface area contributed by atoms with E-state index in [1.807, 2.05) is 30.5 Å². The number of rotatable bonds is 7. The Labute approximate surface area is 177 Å². The number of aliphatic imine (C=N–C) groups is 1. The molecule has 0 aliphatic heterocycles. The van der Waals surface area contributed by atoms with Gasteiger partial charge in [0.25, 0.3) is 5.91 Å². The number of carbonyl (C=O) groups excluding carboxylic acids is 1. The van der Waals surface area contributed by atoms with E-state index in [1.54, 1.807) is 23.5 Å². The molecule has 136 valence electrons. The van der Waals surface area contributed by atoms with Gasteiger partial charge in [-0.2, -0.15) is 0 Å². The Hall–Kier alpha value is -1.13. The van der Waals surface area contributed by atoms with Gasteiger partial charge in [0, 0.05) is 34.5 Å². The Bertz CT molecular complexity index is 679. The third kappa shape index (κ3) is 8.19. The number of hydrogen-bond donors (Lipinski definition) is 3. The molecule has 0 saturated heterocycles. The van der Waals surface area contributed by atoms with E-state index >= 15 is 0 Å². The molecule has 1 aromatic heterocycles. The highest BCUT2D eigenvalue weighted by atomic mass is 127. The summed E-state index contributed by atoms with van der Waals surface area (Å²) in [6.07, 6.45) is 0. The van der Waals surface area contributed by atoms with Crippen LogP contribution in [0.4, 0.5) is 0 Å². The zero-order valence-electron chi connectivity index (χ0n) is 13.9. The summed E-state index contributed by atoms with van der Waals surface area (Å²) in [4.78, 5) is 17.8. The number of halogens is 2. The van der Waals surface area contributed by atoms with Crippen LogP contribution >= 0.6 is 51.2 Å². The zero-order chi connectivity index (χ0) is 17.2. The molecule has 2 rings (SSSR count). The van der Waals surface area contributed by atoms with Crippen molar-refractivity contribution in [3.63, 3.8) is 0 Å². The van der Waals surface area contributed by atoms with Crippen molar-refractivity contribution >= 4 is 63.1 Å². The molecule has 0 aliphatic rings. The molecule has 0 atom stereocenters. The molecule has 1 amide bonds. The second-order valence-electron chi connectivity index (χ2n) is 4.97. The smallest absolute Gasteiger partial charge is 0.251 e. The summed E-state index contributed by atoms with van der Waals surface area (Å²) in [5.41, 5.74) is 0.641. The van der Waals surface area contributed by atoms with Gasteiger partial charge in [0.15, 0.2) is 5.96 Å². The summed E-state index contributed by atoms with van der Waals surface area (Å²) >= 11 is 5.06. The van der Waals surface area contributed by atoms with Crippen molar-refractivity contribution in [2.75, 3.05) is 19.6 Å². The van der Waals surface area contributed by atoms with E-state index < -0.39 is 0 Å². The van der Waals surface area contributed by atoms with Crippen molar-refractivity contribution in [3.8, 4) is 0 Å². The molecular weight excluding hydrogens is 515 g/mol. The Morgan fingerprint density at radius 1 is 1.16 bits per heavy atom. The van der Waals surface area contributed by atoms with Gasteiger partial charge >= 0.3 is 0 Å². The molecule has 5 nitrogen and oxygen atoms in total. The fraction of sp³-hybridized carbons (Fsp3) is 0.294. The summed E-state index contributed by atoms with van der Waals surface area (Å²) < 4.78 is 0.892. The van der Waals surface area contributed by atoms with Crippen LogP contribution in [0, 0.1) is 0 Å². The molecule has 1 aromatic carbocycles. The minimum absolute atomic E-state index is 0. The van der Waals surface area contributed by atoms with Gasteiger partial charge in [0.2, 0.25) is 0 Å². The minimum Gasteiger partial charge on any atom is -0.357 e. The summed E-state index contributed by atoms with van der Waals surface area (Å²) in [5.74, 6) is 0.668. The van der Waals surface area contributed by atoms with Gasteiger partial charge in [-0.05, 0) is 36.6 Å². The number of guanidine groups is 1. The highest BCUT2D eigenvalue weighted by molar-refractivity contribution is 14.0. The number of hydrogen-bond acceptors (Lipinski definition) is 3. The molecule has 0 bridgehead atoms. The van der Waals surface area contributed by atoms with Crippen molar-refractivity contribution < 1.29 is 4.79 Å². The summed E-state index contributed by atoms with van der Waals surface area (Å²) in [5, 5.41) is 11.4. The molecule has 1 heterocycles. The van der Waals surface area contributed by atoms with Crippen LogP contribution in [0.1, 0.15) is 22.2 Å². The third-order valence-electron chi connectivity index (χ3n) is 3.11. The SMILES string of the molecule is CCNC(=NCc1cccs1)NCCNC(=O)c1cccc(Br)c1.I. The first-order valence-corrected chi connectivity index (χ1v) is 9.44. The molecule has 8 heteroatoms. The second kappa shape index (κ2) is 12.3. The lowest BCUT2D eigenvalue weighted by Crippen LogP contribution is -2.41. The Morgan fingerprint density at radius 3 is 2.64 bits per heavy atom. The summed E-state index contributed by atoms with van der Waals surface area (Å²) in [6.45, 7) is 4.60. The second-order valence-corrected chi connectivity index (χ2v) is 6.92. The summed E-state index contributed by atoms with van der Waals surface area (Å²) in [6, 6.07) is 11.4. The van der Waals surface area contributed by atoms with E-state index in [2.05, 4.69) is 42.9 Å². The number of amides is 1. The average Bonchev–Trinajstić information content (AvgIpc) is 3.09. The van der Waals surface area contributed by atoms with Crippen molar-refractivity contribution in [1.82, 2.24) is 16.0 Å². The van der Waals surface area contributed by atoms with Gasteiger partial charge in [0.1, 0.15) is 0 Å². The normalized spacial score (nSPS) is 10.7. The van der Waals surface area contributed by atoms with Crippen LogP contribution < -0.4 is 16.0 Å². The molecule has 0 fully saturated rings. The van der Waals surface area contributed by atoms with Gasteiger partial charge in [-0.25, -0.2) is 4.99 Å². The molecule has 0 spiro atoms. The number of carbonyl (C=O) groups is 1. The van der Waals surface area contributed by atoms with E-state index in [9.17, 15) is 4.79 Å². The number of nitrogens with one attached hydrogen (secondary N) is 3. The predicted octanol–water partition coefficient (Wildman–Crippen LogP) is 3.61. The molecule has 0 radical (unpaired) electrons. The molecule has 0 unspecified atom stereocenters. The van der Waals surface area contributed by atoms with E-state index in [1.165, 1.54) is 4.88 Å². The lowest BCUT2D eigenvalue weighted by Gasteiger charge is -2.11. The van der Waals surface area contributed by atoms with Crippen LogP contribution in [0.15, 0.2) is 51.2 Å². The Balaban J connectivity index is 0.00000312. The van der Waals surface area contributed by atoms with E-state index in [0.29, 0.717) is 25.2 Å². The fourth-order valence-electron chi connectivity index (χ4n) is 1.99. The largest absolute Gasteiger partial charge is 0.357 e. The number of thiophene rings is 1. The Morgan fingerprint density at radius 2 is 1.96 bits per heavy atom. The standard InChI is InChI=1S/C17H21BrN4OS.HI/c1-2-19-17(22-12-15-7-4-10-24-15)21-9-8-20-16(23)13-5-3-6-14(18)11-13;/h3-7,10-11H,2,8-9,12H2,1H3,(H,20,23)(H2,19,21,22);1H. The number of benzene rings is 1. The van der Waals surface area contributed by atoms with Gasteiger partial charge in [-0.1, -0.05) is 28.1 Å². The topological polar surface area (TPSA) is 65.5 Å². The molecular formula is C17H22BrIN4OS. The van der Waals surface area contributed by atoms with E-state index in [0.717, 1.165) is 17.0 Å². The van der Waals surface area contributed by atoms with Crippen LogP contribution in [0.25, 0.3) is 0 Å². The lowest BCUT2D eigenvalue weighted by molar-refractivity contribution is 0.0954. The highest BCUT2D eigenvalue weighted by Crippen LogP contribution is 2.11. The third-order valence-corrected chi connectivity index (χ3v) is 4.46. The van der Waals surface area contributed by atoms with Crippen LogP contribution in [0.5, 0.6) is 0 Å². The molecule has 0 aliphatic carbocycles. The van der Waals surface area contributed by atoms with Crippen molar-refractivity contribution in [2.45, 2.75) is 13.5 Å². The van der Waals surface area contributed by atoms with Crippen molar-refractivity contribution in [3.05, 3.63) is 56.7 Å². The summed E-state index contributed by atoms with van der Waals surface area (Å²) in [7, 11) is 0. The fourth-order valence-corrected chi connectivity index (χ4v) is 3.02. The van der Waals surface area contributed by atoms with Gasteiger partial charge in [0.05, 0.1) is 6.54 Å². The quantitative estimate of drug-likeness (QED) is 0.219. The van der Waals surface area contributed by atoms with Crippen molar-refractivity contribution in [1.29, 1.82) is 0 Å². The Kier molecular flexibility index (Phi) is 10.7. The average molecular weight is 537 g/mol. The lowest BCUT2D eigenvalue weighted by atomic mass is 10.2. The maximum Gasteiger partial charge on any atom is 0.251 e. The van der Waals surface area contributed by atoms with Crippen LogP contribution in [-0.2, 0) is 6.54 Å². The monoisotopic (exact) mass is 536 g/mol. The van der Waals surface area contributed by atoms with E-state index in [-0.39, 0.29) is 29.9 Å². The van der Waals surface area contributed by atoms with Crippen molar-refractivity contribution in [2.24, 2.45) is 4.99 Å². The van der Waals surface area contributed by atoms with E-state index in [4.69, 9.17) is 0 Å². The van der Waals surface area contributed by atoms with Gasteiger partial charge < -0.3 is 16.0 Å². The maximum atomic E-state index is 12.0. The first kappa shape index (κ1) is 21.9. The van der Waals surface area contributed by atoms with Crippen LogP contribution in [-0.4, -0.2) is 31.5 Å². The first-order valence-electron chi connectivity index (χ1n) is 7.77. The predicted molar refractivity (Wildman–Crippen MR) is 119 cm³/mol. The van der Waals surface area contributed by atoms with Gasteiger partial charge in [-0.3, -0.25) is 4.79 Å². The number of nitrogens with zero attached hydrogens (tertiary/aromatic N) is 1. The van der Waals surface area contributed by atoms with Crippen LogP contribution in [0.2, 0.25) is 0 Å². The zero-order valence-corrected chi connectivity index (χ0v) is 18.7. The van der Waals surface area contributed by atoms with Crippen LogP contribution in [0.3, 0.4) is 0 Å². The minimum atomic E-state index is -0.0846. The highest BCUT2D eigenvalue weighted by Gasteiger charge is 2.05. The molecule has 0 saturated carbocycles. The molecule has 25 heavy (non-hydrogen) atoms. The maximum absolute atomic E-state index is 12.0. The first-order chi connectivity index (χ1) is 11.7. The van der Waals surface area contributed by atoms with Gasteiger partial charge in [-0.15, -0.1) is 35.3 Å². The molecule has 3 N–H and O–H groups in total.